The monoisotopic (exact) mass is 347 g/mol. The van der Waals surface area contributed by atoms with Gasteiger partial charge < -0.3 is 5.32 Å². The van der Waals surface area contributed by atoms with Crippen molar-refractivity contribution in [2.45, 2.75) is 51.0 Å². The normalized spacial score (nSPS) is 36.8. The number of benzene rings is 1. The van der Waals surface area contributed by atoms with E-state index in [4.69, 9.17) is 0 Å². The van der Waals surface area contributed by atoms with Crippen molar-refractivity contribution in [3.63, 3.8) is 0 Å². The number of aryl methyl sites for hydroxylation is 1. The van der Waals surface area contributed by atoms with Gasteiger partial charge in [0.05, 0.1) is 0 Å². The molecule has 3 heteroatoms. The Morgan fingerprint density at radius 2 is 1.71 bits per heavy atom. The van der Waals surface area contributed by atoms with Gasteiger partial charge in [-0.3, -0.25) is 4.79 Å². The second kappa shape index (κ2) is 4.84. The molecule has 4 saturated carbocycles. The smallest absolute Gasteiger partial charge is 0.251 e. The average molecular weight is 348 g/mol. The number of carbonyl (C=O) groups excluding carboxylic acids is 1. The summed E-state index contributed by atoms with van der Waals surface area (Å²) in [5.41, 5.74) is 2.05. The van der Waals surface area contributed by atoms with Gasteiger partial charge in [-0.05, 0) is 80.9 Å². The summed E-state index contributed by atoms with van der Waals surface area (Å²) in [5.74, 6) is 2.70. The fourth-order valence-electron chi connectivity index (χ4n) is 5.31. The predicted octanol–water partition coefficient (Wildman–Crippen LogP) is 4.46. The summed E-state index contributed by atoms with van der Waals surface area (Å²) in [5, 5.41) is 3.43. The lowest BCUT2D eigenvalue weighted by atomic mass is 9.53. The lowest BCUT2D eigenvalue weighted by molar-refractivity contribution is -0.0167. The molecule has 2 nitrogen and oxygen atoms in total. The van der Waals surface area contributed by atoms with Crippen LogP contribution in [0.4, 0.5) is 0 Å². The molecule has 0 unspecified atom stereocenters. The van der Waals surface area contributed by atoms with Crippen LogP contribution in [0.25, 0.3) is 0 Å². The second-order valence-corrected chi connectivity index (χ2v) is 8.47. The molecule has 4 bridgehead atoms. The number of halogens is 1. The molecule has 21 heavy (non-hydrogen) atoms. The van der Waals surface area contributed by atoms with Crippen molar-refractivity contribution in [1.29, 1.82) is 0 Å². The Kier molecular flexibility index (Phi) is 3.18. The highest BCUT2D eigenvalue weighted by molar-refractivity contribution is 9.10. The van der Waals surface area contributed by atoms with E-state index in [-0.39, 0.29) is 11.4 Å². The molecule has 0 aliphatic heterocycles. The average Bonchev–Trinajstić information content (AvgIpc) is 2.39. The van der Waals surface area contributed by atoms with E-state index in [1.54, 1.807) is 0 Å². The Hall–Kier alpha value is -0.830. The van der Waals surface area contributed by atoms with E-state index in [2.05, 4.69) is 21.2 Å². The van der Waals surface area contributed by atoms with Crippen molar-refractivity contribution in [3.05, 3.63) is 33.8 Å². The fraction of sp³-hybridized carbons (Fsp3) is 0.611. The fourth-order valence-corrected chi connectivity index (χ4v) is 5.69. The third-order valence-electron chi connectivity index (χ3n) is 5.85. The summed E-state index contributed by atoms with van der Waals surface area (Å²) in [6, 6.07) is 5.90. The molecule has 4 aliphatic rings. The lowest BCUT2D eigenvalue weighted by Crippen LogP contribution is -2.59. The molecule has 0 saturated heterocycles. The molecule has 1 amide bonds. The number of hydrogen-bond donors (Lipinski definition) is 1. The van der Waals surface area contributed by atoms with E-state index in [1.807, 2.05) is 25.1 Å². The van der Waals surface area contributed by atoms with Crippen LogP contribution in [0.5, 0.6) is 0 Å². The van der Waals surface area contributed by atoms with Gasteiger partial charge in [-0.1, -0.05) is 22.0 Å². The van der Waals surface area contributed by atoms with Crippen LogP contribution in [0.15, 0.2) is 22.7 Å². The molecule has 4 fully saturated rings. The Balaban J connectivity index is 1.55. The highest BCUT2D eigenvalue weighted by Crippen LogP contribution is 2.55. The SMILES string of the molecule is Cc1ccc(C(=O)NC23CC4CC(CC(C4)C2)C3)cc1Br. The van der Waals surface area contributed by atoms with Crippen LogP contribution in [0.1, 0.15) is 54.4 Å². The standard InChI is InChI=1S/C18H22BrNO/c1-11-2-3-15(7-16(11)19)17(21)20-18-8-12-4-13(9-18)6-14(5-12)10-18/h2-3,7,12-14H,4-6,8-10H2,1H3,(H,20,21). The zero-order valence-corrected chi connectivity index (χ0v) is 14.1. The predicted molar refractivity (Wildman–Crippen MR) is 87.2 cm³/mol. The van der Waals surface area contributed by atoms with Crippen LogP contribution in [-0.2, 0) is 0 Å². The summed E-state index contributed by atoms with van der Waals surface area (Å²) in [6.07, 6.45) is 7.84. The van der Waals surface area contributed by atoms with E-state index >= 15 is 0 Å². The summed E-state index contributed by atoms with van der Waals surface area (Å²) in [4.78, 5) is 12.7. The highest BCUT2D eigenvalue weighted by Gasteiger charge is 2.51. The first-order chi connectivity index (χ1) is 10.0. The van der Waals surface area contributed by atoms with Crippen molar-refractivity contribution in [2.24, 2.45) is 17.8 Å². The van der Waals surface area contributed by atoms with Crippen LogP contribution in [0.3, 0.4) is 0 Å². The molecule has 4 aliphatic carbocycles. The third kappa shape index (κ3) is 2.44. The molecule has 0 heterocycles. The van der Waals surface area contributed by atoms with Crippen molar-refractivity contribution >= 4 is 21.8 Å². The molecule has 0 radical (unpaired) electrons. The molecule has 5 rings (SSSR count). The lowest BCUT2D eigenvalue weighted by Gasteiger charge is -2.56. The highest BCUT2D eigenvalue weighted by atomic mass is 79.9. The van der Waals surface area contributed by atoms with E-state index in [0.29, 0.717) is 0 Å². The zero-order valence-electron chi connectivity index (χ0n) is 12.5. The van der Waals surface area contributed by atoms with Gasteiger partial charge in [0, 0.05) is 15.6 Å². The maximum atomic E-state index is 12.7. The van der Waals surface area contributed by atoms with Gasteiger partial charge in [-0.2, -0.15) is 0 Å². The first-order valence-electron chi connectivity index (χ1n) is 8.12. The van der Waals surface area contributed by atoms with Gasteiger partial charge in [0.2, 0.25) is 0 Å². The molecule has 0 atom stereocenters. The third-order valence-corrected chi connectivity index (χ3v) is 6.71. The van der Waals surface area contributed by atoms with Crippen molar-refractivity contribution < 1.29 is 4.79 Å². The minimum atomic E-state index is 0.100. The minimum absolute atomic E-state index is 0.100. The van der Waals surface area contributed by atoms with E-state index < -0.39 is 0 Å². The Bertz CT molecular complexity index is 560. The van der Waals surface area contributed by atoms with Crippen molar-refractivity contribution in [2.75, 3.05) is 0 Å². The van der Waals surface area contributed by atoms with Gasteiger partial charge in [0.1, 0.15) is 0 Å². The number of nitrogens with one attached hydrogen (secondary N) is 1. The first kappa shape index (κ1) is 13.8. The minimum Gasteiger partial charge on any atom is -0.347 e. The van der Waals surface area contributed by atoms with Crippen LogP contribution in [-0.4, -0.2) is 11.4 Å². The summed E-state index contributed by atoms with van der Waals surface area (Å²) in [6.45, 7) is 2.05. The van der Waals surface area contributed by atoms with E-state index in [0.717, 1.165) is 27.8 Å². The van der Waals surface area contributed by atoms with Crippen molar-refractivity contribution in [1.82, 2.24) is 5.32 Å². The summed E-state index contributed by atoms with van der Waals surface area (Å²) in [7, 11) is 0. The van der Waals surface area contributed by atoms with E-state index in [9.17, 15) is 4.79 Å². The van der Waals surface area contributed by atoms with Crippen LogP contribution in [0.2, 0.25) is 0 Å². The zero-order chi connectivity index (χ0) is 14.6. The second-order valence-electron chi connectivity index (χ2n) is 7.62. The number of carbonyl (C=O) groups is 1. The number of amides is 1. The van der Waals surface area contributed by atoms with E-state index in [1.165, 1.54) is 44.1 Å². The quantitative estimate of drug-likeness (QED) is 0.840. The maximum absolute atomic E-state index is 12.7. The van der Waals surface area contributed by atoms with Gasteiger partial charge in [-0.15, -0.1) is 0 Å². The summed E-state index contributed by atoms with van der Waals surface area (Å²) >= 11 is 3.53. The van der Waals surface area contributed by atoms with Crippen LogP contribution in [0, 0.1) is 24.7 Å². The Morgan fingerprint density at radius 3 is 2.24 bits per heavy atom. The van der Waals surface area contributed by atoms with Crippen LogP contribution >= 0.6 is 15.9 Å². The molecule has 0 aromatic heterocycles. The number of hydrogen-bond acceptors (Lipinski definition) is 1. The van der Waals surface area contributed by atoms with Crippen molar-refractivity contribution in [3.8, 4) is 0 Å². The van der Waals surface area contributed by atoms with Gasteiger partial charge in [-0.25, -0.2) is 0 Å². The largest absolute Gasteiger partial charge is 0.347 e. The molecular formula is C18H22BrNO. The molecule has 112 valence electrons. The van der Waals surface area contributed by atoms with Gasteiger partial charge in [0.15, 0.2) is 0 Å². The molecule has 1 N–H and O–H groups in total. The van der Waals surface area contributed by atoms with Gasteiger partial charge >= 0.3 is 0 Å². The summed E-state index contributed by atoms with van der Waals surface area (Å²) < 4.78 is 1.01. The molecule has 1 aromatic carbocycles. The molecule has 1 aromatic rings. The number of rotatable bonds is 2. The maximum Gasteiger partial charge on any atom is 0.251 e. The first-order valence-corrected chi connectivity index (χ1v) is 8.91. The van der Waals surface area contributed by atoms with Gasteiger partial charge in [0.25, 0.3) is 5.91 Å². The topological polar surface area (TPSA) is 29.1 Å². The molecule has 0 spiro atoms. The Morgan fingerprint density at radius 1 is 1.14 bits per heavy atom. The van der Waals surface area contributed by atoms with Crippen LogP contribution < -0.4 is 5.32 Å². The molecular weight excluding hydrogens is 326 g/mol. The Labute approximate surface area is 134 Å².